The van der Waals surface area contributed by atoms with Crippen LogP contribution in [0.25, 0.3) is 0 Å². The standard InChI is InChI=1S/C13H20N2O3S2/c1-10(16)14-9-12-7-8-13(19-12)20(17,18)15-11-5-3-2-4-6-11/h7-8,11,15H,2-6,9H2,1H3,(H,14,16). The van der Waals surface area contributed by atoms with Crippen molar-refractivity contribution in [2.75, 3.05) is 0 Å². The Morgan fingerprint density at radius 2 is 2.00 bits per heavy atom. The van der Waals surface area contributed by atoms with Crippen molar-refractivity contribution in [3.05, 3.63) is 17.0 Å². The Hall–Kier alpha value is -0.920. The molecule has 0 radical (unpaired) electrons. The van der Waals surface area contributed by atoms with Gasteiger partial charge in [0.05, 0.1) is 6.54 Å². The van der Waals surface area contributed by atoms with E-state index >= 15 is 0 Å². The molecule has 1 amide bonds. The molecule has 1 aromatic rings. The summed E-state index contributed by atoms with van der Waals surface area (Å²) in [5, 5.41) is 2.66. The Bertz CT molecular complexity index is 560. The summed E-state index contributed by atoms with van der Waals surface area (Å²) in [7, 11) is -3.42. The lowest BCUT2D eigenvalue weighted by molar-refractivity contribution is -0.119. The number of carbonyl (C=O) groups is 1. The highest BCUT2D eigenvalue weighted by Crippen LogP contribution is 2.24. The summed E-state index contributed by atoms with van der Waals surface area (Å²) in [5.41, 5.74) is 0. The molecule has 1 fully saturated rings. The number of nitrogens with one attached hydrogen (secondary N) is 2. The van der Waals surface area contributed by atoms with E-state index in [0.717, 1.165) is 30.6 Å². The zero-order valence-electron chi connectivity index (χ0n) is 11.5. The van der Waals surface area contributed by atoms with Gasteiger partial charge in [-0.15, -0.1) is 11.3 Å². The maximum atomic E-state index is 12.3. The number of thiophene rings is 1. The van der Waals surface area contributed by atoms with Crippen molar-refractivity contribution in [3.8, 4) is 0 Å². The van der Waals surface area contributed by atoms with Gasteiger partial charge in [0, 0.05) is 17.8 Å². The molecule has 1 saturated carbocycles. The lowest BCUT2D eigenvalue weighted by Crippen LogP contribution is -2.35. The minimum absolute atomic E-state index is 0.0645. The average Bonchev–Trinajstić information content (AvgIpc) is 2.86. The van der Waals surface area contributed by atoms with E-state index in [0.29, 0.717) is 10.8 Å². The predicted octanol–water partition coefficient (Wildman–Crippen LogP) is 2.00. The van der Waals surface area contributed by atoms with Gasteiger partial charge in [-0.05, 0) is 25.0 Å². The molecule has 0 unspecified atom stereocenters. The molecule has 2 rings (SSSR count). The Morgan fingerprint density at radius 1 is 1.30 bits per heavy atom. The maximum Gasteiger partial charge on any atom is 0.250 e. The number of sulfonamides is 1. The quantitative estimate of drug-likeness (QED) is 0.872. The molecular formula is C13H20N2O3S2. The van der Waals surface area contributed by atoms with Crippen LogP contribution in [0, 0.1) is 0 Å². The Kier molecular flexibility index (Phi) is 5.17. The number of hydrogen-bond donors (Lipinski definition) is 2. The van der Waals surface area contributed by atoms with Crippen LogP contribution in [0.2, 0.25) is 0 Å². The van der Waals surface area contributed by atoms with E-state index in [1.54, 1.807) is 12.1 Å². The lowest BCUT2D eigenvalue weighted by atomic mass is 9.96. The topological polar surface area (TPSA) is 75.3 Å². The summed E-state index contributed by atoms with van der Waals surface area (Å²) < 4.78 is 27.6. The van der Waals surface area contributed by atoms with E-state index in [9.17, 15) is 13.2 Å². The second-order valence-electron chi connectivity index (χ2n) is 5.09. The van der Waals surface area contributed by atoms with Crippen LogP contribution >= 0.6 is 11.3 Å². The van der Waals surface area contributed by atoms with E-state index < -0.39 is 10.0 Å². The summed E-state index contributed by atoms with van der Waals surface area (Å²) in [6.45, 7) is 1.81. The fourth-order valence-corrected chi connectivity index (χ4v) is 4.92. The fourth-order valence-electron chi connectivity index (χ4n) is 2.31. The Balaban J connectivity index is 1.99. The first-order valence-electron chi connectivity index (χ1n) is 6.83. The number of hydrogen-bond acceptors (Lipinski definition) is 4. The third-order valence-electron chi connectivity index (χ3n) is 3.34. The van der Waals surface area contributed by atoms with Crippen LogP contribution < -0.4 is 10.0 Å². The molecule has 112 valence electrons. The molecule has 1 heterocycles. The minimum Gasteiger partial charge on any atom is -0.351 e. The maximum absolute atomic E-state index is 12.3. The smallest absolute Gasteiger partial charge is 0.250 e. The van der Waals surface area contributed by atoms with Gasteiger partial charge in [0.15, 0.2) is 0 Å². The van der Waals surface area contributed by atoms with Crippen LogP contribution in [0.4, 0.5) is 0 Å². The molecule has 1 aliphatic carbocycles. The first-order chi connectivity index (χ1) is 9.47. The molecule has 0 bridgehead atoms. The lowest BCUT2D eigenvalue weighted by Gasteiger charge is -2.22. The van der Waals surface area contributed by atoms with E-state index in [2.05, 4.69) is 10.0 Å². The second-order valence-corrected chi connectivity index (χ2v) is 8.20. The van der Waals surface area contributed by atoms with Gasteiger partial charge in [-0.25, -0.2) is 13.1 Å². The van der Waals surface area contributed by atoms with Gasteiger partial charge in [-0.2, -0.15) is 0 Å². The first-order valence-corrected chi connectivity index (χ1v) is 9.13. The monoisotopic (exact) mass is 316 g/mol. The molecule has 1 aromatic heterocycles. The van der Waals surface area contributed by atoms with Gasteiger partial charge in [0.1, 0.15) is 4.21 Å². The fraction of sp³-hybridized carbons (Fsp3) is 0.615. The largest absolute Gasteiger partial charge is 0.351 e. The third-order valence-corrected chi connectivity index (χ3v) is 6.44. The minimum atomic E-state index is -3.42. The molecule has 0 aliphatic heterocycles. The van der Waals surface area contributed by atoms with Crippen LogP contribution in [0.3, 0.4) is 0 Å². The molecular weight excluding hydrogens is 296 g/mol. The Morgan fingerprint density at radius 3 is 2.65 bits per heavy atom. The molecule has 0 saturated heterocycles. The summed E-state index contributed by atoms with van der Waals surface area (Å²) >= 11 is 1.21. The van der Waals surface area contributed by atoms with E-state index in [4.69, 9.17) is 0 Å². The van der Waals surface area contributed by atoms with E-state index in [1.165, 1.54) is 24.7 Å². The van der Waals surface area contributed by atoms with Gasteiger partial charge in [-0.3, -0.25) is 4.79 Å². The van der Waals surface area contributed by atoms with Crippen molar-refractivity contribution in [2.24, 2.45) is 0 Å². The predicted molar refractivity (Wildman–Crippen MR) is 79.0 cm³/mol. The summed E-state index contributed by atoms with van der Waals surface area (Å²) in [5.74, 6) is -0.122. The van der Waals surface area contributed by atoms with Crippen molar-refractivity contribution in [1.29, 1.82) is 0 Å². The van der Waals surface area contributed by atoms with Crippen molar-refractivity contribution < 1.29 is 13.2 Å². The van der Waals surface area contributed by atoms with Crippen molar-refractivity contribution in [1.82, 2.24) is 10.0 Å². The van der Waals surface area contributed by atoms with E-state index in [1.807, 2.05) is 0 Å². The van der Waals surface area contributed by atoms with Gasteiger partial charge in [0.25, 0.3) is 0 Å². The highest BCUT2D eigenvalue weighted by Gasteiger charge is 2.23. The Labute approximate surface area is 123 Å². The third kappa shape index (κ3) is 4.29. The highest BCUT2D eigenvalue weighted by atomic mass is 32.2. The summed E-state index contributed by atoms with van der Waals surface area (Å²) in [6, 6.07) is 3.41. The molecule has 0 atom stereocenters. The number of amides is 1. The SMILES string of the molecule is CC(=O)NCc1ccc(S(=O)(=O)NC2CCCCC2)s1. The van der Waals surface area contributed by atoms with Gasteiger partial charge in [0.2, 0.25) is 15.9 Å². The molecule has 0 spiro atoms. The van der Waals surface area contributed by atoms with E-state index in [-0.39, 0.29) is 11.9 Å². The highest BCUT2D eigenvalue weighted by molar-refractivity contribution is 7.91. The van der Waals surface area contributed by atoms with Gasteiger partial charge >= 0.3 is 0 Å². The van der Waals surface area contributed by atoms with Crippen LogP contribution in [-0.4, -0.2) is 20.4 Å². The van der Waals surface area contributed by atoms with Gasteiger partial charge in [-0.1, -0.05) is 19.3 Å². The zero-order chi connectivity index (χ0) is 14.6. The summed E-state index contributed by atoms with van der Waals surface area (Å²) in [6.07, 6.45) is 5.21. The van der Waals surface area contributed by atoms with Crippen LogP contribution in [0.5, 0.6) is 0 Å². The first kappa shape index (κ1) is 15.5. The van der Waals surface area contributed by atoms with Crippen LogP contribution in [0.1, 0.15) is 43.9 Å². The van der Waals surface area contributed by atoms with Crippen molar-refractivity contribution >= 4 is 27.3 Å². The zero-order valence-corrected chi connectivity index (χ0v) is 13.1. The molecule has 2 N–H and O–H groups in total. The van der Waals surface area contributed by atoms with Crippen molar-refractivity contribution in [3.63, 3.8) is 0 Å². The molecule has 7 heteroatoms. The average molecular weight is 316 g/mol. The molecule has 1 aliphatic rings. The molecule has 0 aromatic carbocycles. The van der Waals surface area contributed by atoms with Crippen LogP contribution in [-0.2, 0) is 21.4 Å². The molecule has 5 nitrogen and oxygen atoms in total. The second kappa shape index (κ2) is 6.69. The summed E-state index contributed by atoms with van der Waals surface area (Å²) in [4.78, 5) is 11.7. The van der Waals surface area contributed by atoms with Crippen molar-refractivity contribution in [2.45, 2.75) is 55.8 Å². The van der Waals surface area contributed by atoms with Gasteiger partial charge < -0.3 is 5.32 Å². The number of rotatable bonds is 5. The van der Waals surface area contributed by atoms with Crippen LogP contribution in [0.15, 0.2) is 16.3 Å². The molecule has 20 heavy (non-hydrogen) atoms. The normalized spacial score (nSPS) is 17.1. The number of carbonyl (C=O) groups excluding carboxylic acids is 1.